The van der Waals surface area contributed by atoms with Crippen LogP contribution in [0.5, 0.6) is 17.2 Å². The zero-order valence-electron chi connectivity index (χ0n) is 19.8. The molecule has 0 aliphatic carbocycles. The lowest BCUT2D eigenvalue weighted by molar-refractivity contribution is 0.102. The Morgan fingerprint density at radius 2 is 1.64 bits per heavy atom. The van der Waals surface area contributed by atoms with Gasteiger partial charge < -0.3 is 19.5 Å². The number of nitrogens with zero attached hydrogens (tertiary/aromatic N) is 1. The van der Waals surface area contributed by atoms with Crippen LogP contribution >= 0.6 is 23.2 Å². The van der Waals surface area contributed by atoms with Crippen molar-refractivity contribution in [2.24, 2.45) is 0 Å². The quantitative estimate of drug-likeness (QED) is 0.232. The van der Waals surface area contributed by atoms with Crippen molar-refractivity contribution in [3.63, 3.8) is 0 Å². The van der Waals surface area contributed by atoms with Crippen molar-refractivity contribution in [2.75, 3.05) is 18.5 Å². The van der Waals surface area contributed by atoms with E-state index in [-0.39, 0.29) is 5.91 Å². The first-order valence-corrected chi connectivity index (χ1v) is 12.2. The molecule has 186 valence electrons. The van der Waals surface area contributed by atoms with Gasteiger partial charge in [-0.1, -0.05) is 29.3 Å². The minimum atomic E-state index is -0.328. The molecule has 2 N–H and O–H groups in total. The second-order valence-corrected chi connectivity index (χ2v) is 8.55. The average molecular weight is 526 g/mol. The van der Waals surface area contributed by atoms with E-state index in [1.807, 2.05) is 32.0 Å². The van der Waals surface area contributed by atoms with E-state index in [2.05, 4.69) is 15.5 Å². The van der Waals surface area contributed by atoms with Gasteiger partial charge in [0.1, 0.15) is 18.1 Å². The van der Waals surface area contributed by atoms with Gasteiger partial charge in [0.25, 0.3) is 5.91 Å². The number of H-pyrrole nitrogens is 1. The van der Waals surface area contributed by atoms with Gasteiger partial charge in [-0.25, -0.2) is 0 Å². The number of hydrogen-bond acceptors (Lipinski definition) is 5. The molecular formula is C27H25Cl2N3O4. The molecule has 7 nitrogen and oxygen atoms in total. The summed E-state index contributed by atoms with van der Waals surface area (Å²) in [5.41, 5.74) is 3.10. The number of halogens is 2. The van der Waals surface area contributed by atoms with Crippen LogP contribution < -0.4 is 19.5 Å². The molecule has 36 heavy (non-hydrogen) atoms. The lowest BCUT2D eigenvalue weighted by Crippen LogP contribution is -2.12. The molecule has 0 unspecified atom stereocenters. The van der Waals surface area contributed by atoms with Crippen LogP contribution in [-0.2, 0) is 6.61 Å². The Kier molecular flexibility index (Phi) is 8.36. The maximum absolute atomic E-state index is 12.7. The van der Waals surface area contributed by atoms with Crippen molar-refractivity contribution in [3.05, 3.63) is 88.0 Å². The second-order valence-electron chi connectivity index (χ2n) is 7.71. The summed E-state index contributed by atoms with van der Waals surface area (Å²) in [6, 6.07) is 19.6. The standard InChI is InChI=1S/C27H25Cl2N3O4/c1-3-34-25-12-5-17(13-26(25)35-4-2)16-36-20-9-7-19(8-10-20)30-27(33)24-15-23(31-32-24)21-11-6-18(28)14-22(21)29/h5-15H,3-4,16H2,1-2H3,(H,30,33)(H,31,32). The fourth-order valence-electron chi connectivity index (χ4n) is 3.46. The average Bonchev–Trinajstić information content (AvgIpc) is 3.35. The van der Waals surface area contributed by atoms with E-state index in [9.17, 15) is 4.79 Å². The SMILES string of the molecule is CCOc1ccc(COc2ccc(NC(=O)c3cc(-c4ccc(Cl)cc4Cl)n[nH]3)cc2)cc1OCC. The molecule has 4 aromatic rings. The summed E-state index contributed by atoms with van der Waals surface area (Å²) in [5, 5.41) is 10.8. The number of hydrogen-bond donors (Lipinski definition) is 2. The summed E-state index contributed by atoms with van der Waals surface area (Å²) in [6.07, 6.45) is 0. The van der Waals surface area contributed by atoms with E-state index in [0.29, 0.717) is 69.8 Å². The summed E-state index contributed by atoms with van der Waals surface area (Å²) >= 11 is 12.2. The zero-order chi connectivity index (χ0) is 25.5. The summed E-state index contributed by atoms with van der Waals surface area (Å²) in [4.78, 5) is 12.7. The number of nitrogens with one attached hydrogen (secondary N) is 2. The number of ether oxygens (including phenoxy) is 3. The molecule has 0 fully saturated rings. The molecule has 4 rings (SSSR count). The Morgan fingerprint density at radius 3 is 2.36 bits per heavy atom. The molecule has 0 saturated heterocycles. The van der Waals surface area contributed by atoms with E-state index in [0.717, 1.165) is 5.56 Å². The molecule has 0 atom stereocenters. The van der Waals surface area contributed by atoms with Gasteiger partial charge in [-0.15, -0.1) is 0 Å². The topological polar surface area (TPSA) is 85.5 Å². The van der Waals surface area contributed by atoms with Gasteiger partial charge in [-0.05, 0) is 80.1 Å². The molecule has 0 aliphatic heterocycles. The number of aromatic nitrogens is 2. The molecular weight excluding hydrogens is 501 g/mol. The minimum Gasteiger partial charge on any atom is -0.490 e. The Hall–Kier alpha value is -3.68. The molecule has 1 amide bonds. The smallest absolute Gasteiger partial charge is 0.273 e. The van der Waals surface area contributed by atoms with Crippen molar-refractivity contribution >= 4 is 34.8 Å². The van der Waals surface area contributed by atoms with Crippen molar-refractivity contribution in [3.8, 4) is 28.5 Å². The highest BCUT2D eigenvalue weighted by atomic mass is 35.5. The van der Waals surface area contributed by atoms with Gasteiger partial charge in [0.05, 0.1) is 23.9 Å². The number of benzene rings is 3. The van der Waals surface area contributed by atoms with E-state index in [4.69, 9.17) is 37.4 Å². The van der Waals surface area contributed by atoms with Crippen molar-refractivity contribution in [1.29, 1.82) is 0 Å². The van der Waals surface area contributed by atoms with Gasteiger partial charge in [0, 0.05) is 16.3 Å². The molecule has 0 spiro atoms. The number of anilines is 1. The van der Waals surface area contributed by atoms with Gasteiger partial charge in [0.2, 0.25) is 0 Å². The fourth-order valence-corrected chi connectivity index (χ4v) is 3.96. The highest BCUT2D eigenvalue weighted by molar-refractivity contribution is 6.36. The Morgan fingerprint density at radius 1 is 0.889 bits per heavy atom. The molecule has 1 aromatic heterocycles. The van der Waals surface area contributed by atoms with Gasteiger partial charge >= 0.3 is 0 Å². The van der Waals surface area contributed by atoms with Crippen LogP contribution in [0.4, 0.5) is 5.69 Å². The minimum absolute atomic E-state index is 0.303. The molecule has 0 radical (unpaired) electrons. The van der Waals surface area contributed by atoms with Gasteiger partial charge in [-0.3, -0.25) is 9.89 Å². The van der Waals surface area contributed by atoms with Crippen LogP contribution in [0, 0.1) is 0 Å². The van der Waals surface area contributed by atoms with Crippen molar-refractivity contribution < 1.29 is 19.0 Å². The van der Waals surface area contributed by atoms with Crippen LogP contribution in [-0.4, -0.2) is 29.3 Å². The van der Waals surface area contributed by atoms with Gasteiger partial charge in [-0.2, -0.15) is 5.10 Å². The predicted molar refractivity (Wildman–Crippen MR) is 142 cm³/mol. The first-order valence-electron chi connectivity index (χ1n) is 11.4. The third-order valence-corrected chi connectivity index (χ3v) is 5.70. The highest BCUT2D eigenvalue weighted by Crippen LogP contribution is 2.30. The van der Waals surface area contributed by atoms with Crippen LogP contribution in [0.15, 0.2) is 66.7 Å². The molecule has 0 aliphatic rings. The molecule has 9 heteroatoms. The third kappa shape index (κ3) is 6.30. The predicted octanol–water partition coefficient (Wildman–Crippen LogP) is 7.01. The zero-order valence-corrected chi connectivity index (χ0v) is 21.3. The number of aromatic amines is 1. The Balaban J connectivity index is 1.35. The van der Waals surface area contributed by atoms with Crippen LogP contribution in [0.2, 0.25) is 10.0 Å². The van der Waals surface area contributed by atoms with Crippen molar-refractivity contribution in [1.82, 2.24) is 10.2 Å². The largest absolute Gasteiger partial charge is 0.490 e. The number of carbonyl (C=O) groups excluding carboxylic acids is 1. The summed E-state index contributed by atoms with van der Waals surface area (Å²) in [7, 11) is 0. The van der Waals surface area contributed by atoms with Crippen LogP contribution in [0.25, 0.3) is 11.3 Å². The Bertz CT molecular complexity index is 1340. The lowest BCUT2D eigenvalue weighted by atomic mass is 10.1. The van der Waals surface area contributed by atoms with Crippen LogP contribution in [0.1, 0.15) is 29.9 Å². The van der Waals surface area contributed by atoms with E-state index >= 15 is 0 Å². The summed E-state index contributed by atoms with van der Waals surface area (Å²) in [5.74, 6) is 1.74. The van der Waals surface area contributed by atoms with Gasteiger partial charge in [0.15, 0.2) is 11.5 Å². The van der Waals surface area contributed by atoms with E-state index < -0.39 is 0 Å². The first kappa shape index (κ1) is 25.4. The lowest BCUT2D eigenvalue weighted by Gasteiger charge is -2.13. The number of carbonyl (C=O) groups is 1. The third-order valence-electron chi connectivity index (χ3n) is 5.16. The van der Waals surface area contributed by atoms with Crippen LogP contribution in [0.3, 0.4) is 0 Å². The molecule has 0 bridgehead atoms. The van der Waals surface area contributed by atoms with Crippen molar-refractivity contribution in [2.45, 2.75) is 20.5 Å². The number of rotatable bonds is 10. The normalized spacial score (nSPS) is 10.7. The van der Waals surface area contributed by atoms with E-state index in [1.165, 1.54) is 0 Å². The maximum Gasteiger partial charge on any atom is 0.273 e. The number of amides is 1. The van der Waals surface area contributed by atoms with E-state index in [1.54, 1.807) is 48.5 Å². The second kappa shape index (κ2) is 11.8. The highest BCUT2D eigenvalue weighted by Gasteiger charge is 2.14. The maximum atomic E-state index is 12.7. The first-order chi connectivity index (χ1) is 17.5. The molecule has 3 aromatic carbocycles. The monoisotopic (exact) mass is 525 g/mol. The summed E-state index contributed by atoms with van der Waals surface area (Å²) in [6.45, 7) is 5.34. The molecule has 0 saturated carbocycles. The molecule has 1 heterocycles. The fraction of sp³-hybridized carbons (Fsp3) is 0.185. The Labute approximate surface area is 219 Å². The summed E-state index contributed by atoms with van der Waals surface area (Å²) < 4.78 is 17.2.